The number of nitrogens with one attached hydrogen (secondary N) is 2. The molecule has 0 aliphatic carbocycles. The normalized spacial score (nSPS) is 20.6. The van der Waals surface area contributed by atoms with Gasteiger partial charge in [-0.15, -0.1) is 0 Å². The number of ether oxygens (including phenoxy) is 1. The number of imidazole rings is 1. The van der Waals surface area contributed by atoms with Gasteiger partial charge in [0.05, 0.1) is 12.5 Å². The third-order valence-corrected chi connectivity index (χ3v) is 2.75. The maximum atomic E-state index is 11.7. The molecule has 1 aromatic heterocycles. The lowest BCUT2D eigenvalue weighted by atomic mass is 10.0. The number of nitrogens with zero attached hydrogens (tertiary/aromatic N) is 1. The molecule has 1 aliphatic rings. The van der Waals surface area contributed by atoms with Crippen LogP contribution in [0.3, 0.4) is 0 Å². The molecule has 1 saturated heterocycles. The number of amides is 1. The molecule has 0 aromatic carbocycles. The van der Waals surface area contributed by atoms with Crippen LogP contribution in [0.1, 0.15) is 18.7 Å². The highest BCUT2D eigenvalue weighted by atomic mass is 16.5. The average Bonchev–Trinajstić information content (AvgIpc) is 2.83. The molecule has 1 aliphatic heterocycles. The smallest absolute Gasteiger partial charge is 0.225 e. The quantitative estimate of drug-likeness (QED) is 0.781. The number of carbonyl (C=O) groups is 1. The van der Waals surface area contributed by atoms with Gasteiger partial charge in [0.1, 0.15) is 5.82 Å². The Hall–Kier alpha value is -1.36. The molecule has 5 nitrogen and oxygen atoms in total. The van der Waals surface area contributed by atoms with Crippen LogP contribution in [0.25, 0.3) is 0 Å². The van der Waals surface area contributed by atoms with Gasteiger partial charge >= 0.3 is 0 Å². The minimum atomic E-state index is 0.0327. The van der Waals surface area contributed by atoms with Crippen LogP contribution in [0, 0.1) is 5.92 Å². The molecule has 1 fully saturated rings. The first kappa shape index (κ1) is 11.1. The molecular formula is C11H17N3O2. The molecule has 2 heterocycles. The van der Waals surface area contributed by atoms with Gasteiger partial charge in [-0.05, 0) is 12.8 Å². The summed E-state index contributed by atoms with van der Waals surface area (Å²) >= 11 is 0. The summed E-state index contributed by atoms with van der Waals surface area (Å²) in [4.78, 5) is 18.8. The summed E-state index contributed by atoms with van der Waals surface area (Å²) in [5.74, 6) is 1.04. The van der Waals surface area contributed by atoms with E-state index in [0.717, 1.165) is 31.7 Å². The van der Waals surface area contributed by atoms with Gasteiger partial charge in [0.25, 0.3) is 0 Å². The molecule has 1 amide bonds. The lowest BCUT2D eigenvalue weighted by Crippen LogP contribution is -2.36. The van der Waals surface area contributed by atoms with E-state index in [2.05, 4.69) is 15.3 Å². The Kier molecular flexibility index (Phi) is 3.93. The molecule has 88 valence electrons. The third-order valence-electron chi connectivity index (χ3n) is 2.75. The zero-order chi connectivity index (χ0) is 11.2. The van der Waals surface area contributed by atoms with Gasteiger partial charge in [0.2, 0.25) is 5.91 Å². The van der Waals surface area contributed by atoms with Crippen LogP contribution in [0.2, 0.25) is 0 Å². The van der Waals surface area contributed by atoms with Gasteiger partial charge in [-0.25, -0.2) is 4.98 Å². The van der Waals surface area contributed by atoms with Crippen molar-refractivity contribution in [1.82, 2.24) is 15.3 Å². The predicted molar refractivity (Wildman–Crippen MR) is 58.8 cm³/mol. The van der Waals surface area contributed by atoms with Crippen molar-refractivity contribution in [1.29, 1.82) is 0 Å². The number of hydrogen-bond acceptors (Lipinski definition) is 3. The van der Waals surface area contributed by atoms with Gasteiger partial charge in [-0.1, -0.05) is 0 Å². The molecule has 5 heteroatoms. The van der Waals surface area contributed by atoms with Gasteiger partial charge in [0.15, 0.2) is 0 Å². The van der Waals surface area contributed by atoms with Crippen molar-refractivity contribution in [3.63, 3.8) is 0 Å². The molecule has 0 saturated carbocycles. The van der Waals surface area contributed by atoms with Crippen molar-refractivity contribution in [2.75, 3.05) is 19.8 Å². The van der Waals surface area contributed by atoms with Crippen LogP contribution >= 0.6 is 0 Å². The molecule has 0 radical (unpaired) electrons. The summed E-state index contributed by atoms with van der Waals surface area (Å²) in [6, 6.07) is 0. The van der Waals surface area contributed by atoms with E-state index < -0.39 is 0 Å². The Labute approximate surface area is 94.6 Å². The van der Waals surface area contributed by atoms with E-state index in [-0.39, 0.29) is 11.8 Å². The fourth-order valence-electron chi connectivity index (χ4n) is 1.83. The fraction of sp³-hybridized carbons (Fsp3) is 0.636. The predicted octanol–water partition coefficient (Wildman–Crippen LogP) is 0.495. The van der Waals surface area contributed by atoms with Crippen molar-refractivity contribution in [2.24, 2.45) is 5.92 Å². The van der Waals surface area contributed by atoms with Crippen molar-refractivity contribution >= 4 is 5.91 Å². The maximum absolute atomic E-state index is 11.7. The lowest BCUT2D eigenvalue weighted by molar-refractivity contribution is -0.128. The van der Waals surface area contributed by atoms with Crippen LogP contribution in [-0.4, -0.2) is 35.6 Å². The van der Waals surface area contributed by atoms with E-state index >= 15 is 0 Å². The van der Waals surface area contributed by atoms with E-state index in [1.165, 1.54) is 0 Å². The number of aromatic amines is 1. The average molecular weight is 223 g/mol. The summed E-state index contributed by atoms with van der Waals surface area (Å²) in [7, 11) is 0. The topological polar surface area (TPSA) is 67.0 Å². The van der Waals surface area contributed by atoms with Gasteiger partial charge in [-0.3, -0.25) is 4.79 Å². The van der Waals surface area contributed by atoms with Crippen molar-refractivity contribution < 1.29 is 9.53 Å². The summed E-state index contributed by atoms with van der Waals surface area (Å²) in [5, 5.41) is 2.91. The molecule has 0 spiro atoms. The molecule has 16 heavy (non-hydrogen) atoms. The Morgan fingerprint density at radius 3 is 3.31 bits per heavy atom. The van der Waals surface area contributed by atoms with Crippen molar-refractivity contribution in [2.45, 2.75) is 19.3 Å². The monoisotopic (exact) mass is 223 g/mol. The standard InChI is InChI=1S/C11H17N3O2/c15-11(9-2-1-7-16-8-9)14-4-3-10-12-5-6-13-10/h5-6,9H,1-4,7-8H2,(H,12,13)(H,14,15). The van der Waals surface area contributed by atoms with Crippen LogP contribution in [0.5, 0.6) is 0 Å². The zero-order valence-electron chi connectivity index (χ0n) is 9.24. The first-order valence-electron chi connectivity index (χ1n) is 5.70. The van der Waals surface area contributed by atoms with Crippen LogP contribution in [-0.2, 0) is 16.0 Å². The minimum Gasteiger partial charge on any atom is -0.381 e. The first-order valence-corrected chi connectivity index (χ1v) is 5.70. The fourth-order valence-corrected chi connectivity index (χ4v) is 1.83. The Morgan fingerprint density at radius 2 is 2.62 bits per heavy atom. The maximum Gasteiger partial charge on any atom is 0.225 e. The molecular weight excluding hydrogens is 206 g/mol. The molecule has 0 bridgehead atoms. The van der Waals surface area contributed by atoms with Crippen molar-refractivity contribution in [3.8, 4) is 0 Å². The van der Waals surface area contributed by atoms with E-state index in [1.54, 1.807) is 12.4 Å². The van der Waals surface area contributed by atoms with E-state index in [9.17, 15) is 4.79 Å². The first-order chi connectivity index (χ1) is 7.86. The Bertz CT molecular complexity index is 318. The van der Waals surface area contributed by atoms with E-state index in [0.29, 0.717) is 13.2 Å². The summed E-state index contributed by atoms with van der Waals surface area (Å²) < 4.78 is 5.28. The summed E-state index contributed by atoms with van der Waals surface area (Å²) in [6.07, 6.45) is 6.16. The third kappa shape index (κ3) is 3.06. The summed E-state index contributed by atoms with van der Waals surface area (Å²) in [6.45, 7) is 1.98. The highest BCUT2D eigenvalue weighted by molar-refractivity contribution is 5.78. The molecule has 1 aromatic rings. The number of rotatable bonds is 4. The zero-order valence-corrected chi connectivity index (χ0v) is 9.24. The Morgan fingerprint density at radius 1 is 1.69 bits per heavy atom. The highest BCUT2D eigenvalue weighted by Gasteiger charge is 2.21. The number of carbonyl (C=O) groups excluding carboxylic acids is 1. The van der Waals surface area contributed by atoms with Gasteiger partial charge < -0.3 is 15.0 Å². The molecule has 2 N–H and O–H groups in total. The highest BCUT2D eigenvalue weighted by Crippen LogP contribution is 2.13. The van der Waals surface area contributed by atoms with Crippen LogP contribution in [0.4, 0.5) is 0 Å². The molecule has 1 unspecified atom stereocenters. The van der Waals surface area contributed by atoms with E-state index in [1.807, 2.05) is 0 Å². The largest absolute Gasteiger partial charge is 0.381 e. The van der Waals surface area contributed by atoms with Gasteiger partial charge in [0, 0.05) is 32.0 Å². The van der Waals surface area contributed by atoms with E-state index in [4.69, 9.17) is 4.74 Å². The summed E-state index contributed by atoms with van der Waals surface area (Å²) in [5.41, 5.74) is 0. The number of hydrogen-bond donors (Lipinski definition) is 2. The number of aromatic nitrogens is 2. The second kappa shape index (κ2) is 5.65. The van der Waals surface area contributed by atoms with Crippen LogP contribution in [0.15, 0.2) is 12.4 Å². The van der Waals surface area contributed by atoms with Crippen LogP contribution < -0.4 is 5.32 Å². The molecule has 1 atom stereocenters. The second-order valence-electron chi connectivity index (χ2n) is 3.99. The van der Waals surface area contributed by atoms with Gasteiger partial charge in [-0.2, -0.15) is 0 Å². The molecule has 2 rings (SSSR count). The Balaban J connectivity index is 1.67. The lowest BCUT2D eigenvalue weighted by Gasteiger charge is -2.21. The second-order valence-corrected chi connectivity index (χ2v) is 3.99. The minimum absolute atomic E-state index is 0.0327. The van der Waals surface area contributed by atoms with Crippen molar-refractivity contribution in [3.05, 3.63) is 18.2 Å². The SMILES string of the molecule is O=C(NCCc1ncc[nH]1)C1CCCOC1. The number of H-pyrrole nitrogens is 1.